The number of hydrogen-bond donors (Lipinski definition) is 2. The van der Waals surface area contributed by atoms with Crippen LogP contribution in [0.5, 0.6) is 11.5 Å². The first-order chi connectivity index (χ1) is 17.5. The number of furan rings is 1. The van der Waals surface area contributed by atoms with Gasteiger partial charge in [-0.25, -0.2) is 0 Å². The van der Waals surface area contributed by atoms with Crippen molar-refractivity contribution in [3.8, 4) is 22.9 Å². The maximum absolute atomic E-state index is 13.0. The molecule has 0 saturated heterocycles. The summed E-state index contributed by atoms with van der Waals surface area (Å²) in [5.41, 5.74) is 0.916. The Kier molecular flexibility index (Phi) is 7.66. The van der Waals surface area contributed by atoms with Crippen molar-refractivity contribution in [2.45, 2.75) is 6.54 Å². The zero-order chi connectivity index (χ0) is 25.5. The quantitative estimate of drug-likeness (QED) is 0.323. The van der Waals surface area contributed by atoms with Crippen LogP contribution in [0.25, 0.3) is 17.5 Å². The molecule has 0 aliphatic rings. The maximum atomic E-state index is 13.0. The predicted octanol–water partition coefficient (Wildman–Crippen LogP) is 4.09. The Morgan fingerprint density at radius 3 is 2.53 bits per heavy atom. The fourth-order valence-electron chi connectivity index (χ4n) is 3.14. The van der Waals surface area contributed by atoms with E-state index in [0.29, 0.717) is 33.7 Å². The zero-order valence-electron chi connectivity index (χ0n) is 19.3. The number of nitrogens with zero attached hydrogens (tertiary/aromatic N) is 2. The lowest BCUT2D eigenvalue weighted by molar-refractivity contribution is -0.118. The van der Waals surface area contributed by atoms with Crippen molar-refractivity contribution in [3.63, 3.8) is 0 Å². The first-order valence-corrected chi connectivity index (χ1v) is 11.0. The highest BCUT2D eigenvalue weighted by Gasteiger charge is 2.18. The van der Waals surface area contributed by atoms with Crippen LogP contribution >= 0.6 is 11.6 Å². The van der Waals surface area contributed by atoms with Gasteiger partial charge in [0.15, 0.2) is 11.5 Å². The number of hydrogen-bond acceptors (Lipinski definition) is 8. The number of ether oxygens (including phenoxy) is 2. The van der Waals surface area contributed by atoms with Gasteiger partial charge in [0.2, 0.25) is 11.7 Å². The van der Waals surface area contributed by atoms with E-state index < -0.39 is 11.8 Å². The van der Waals surface area contributed by atoms with Gasteiger partial charge in [-0.3, -0.25) is 9.59 Å². The molecule has 11 heteroatoms. The summed E-state index contributed by atoms with van der Waals surface area (Å²) in [6.07, 6.45) is 2.86. The van der Waals surface area contributed by atoms with Crippen LogP contribution in [-0.2, 0) is 11.3 Å². The Morgan fingerprint density at radius 2 is 1.83 bits per heavy atom. The van der Waals surface area contributed by atoms with Gasteiger partial charge >= 0.3 is 0 Å². The maximum Gasteiger partial charge on any atom is 0.268 e. The monoisotopic (exact) mass is 508 g/mol. The zero-order valence-corrected chi connectivity index (χ0v) is 20.0. The number of carbonyl (C=O) groups excluding carboxylic acids is 2. The van der Waals surface area contributed by atoms with Crippen LogP contribution in [0.3, 0.4) is 0 Å². The Bertz CT molecular complexity index is 1380. The summed E-state index contributed by atoms with van der Waals surface area (Å²) in [5, 5.41) is 9.76. The van der Waals surface area contributed by atoms with E-state index in [1.54, 1.807) is 48.5 Å². The largest absolute Gasteiger partial charge is 0.493 e. The van der Waals surface area contributed by atoms with Crippen molar-refractivity contribution < 1.29 is 28.0 Å². The first kappa shape index (κ1) is 24.6. The second-order valence-electron chi connectivity index (χ2n) is 7.30. The average molecular weight is 509 g/mol. The molecule has 0 atom stereocenters. The Labute approximate surface area is 210 Å². The van der Waals surface area contributed by atoms with Crippen molar-refractivity contribution in [2.24, 2.45) is 0 Å². The molecule has 0 saturated carbocycles. The number of halogens is 1. The van der Waals surface area contributed by atoms with E-state index in [1.165, 1.54) is 32.6 Å². The van der Waals surface area contributed by atoms with Gasteiger partial charge in [-0.2, -0.15) is 4.98 Å². The molecule has 0 spiro atoms. The first-order valence-electron chi connectivity index (χ1n) is 10.6. The summed E-state index contributed by atoms with van der Waals surface area (Å²) in [6, 6.07) is 14.9. The number of carbonyl (C=O) groups is 2. The number of aromatic nitrogens is 2. The molecular weight excluding hydrogens is 488 g/mol. The van der Waals surface area contributed by atoms with Crippen LogP contribution in [0.1, 0.15) is 22.0 Å². The Morgan fingerprint density at radius 1 is 1.06 bits per heavy atom. The topological polar surface area (TPSA) is 129 Å². The predicted molar refractivity (Wildman–Crippen MR) is 130 cm³/mol. The molecule has 2 N–H and O–H groups in total. The molecule has 10 nitrogen and oxygen atoms in total. The van der Waals surface area contributed by atoms with Crippen molar-refractivity contribution in [2.75, 3.05) is 14.2 Å². The number of benzene rings is 2. The highest BCUT2D eigenvalue weighted by molar-refractivity contribution is 6.30. The third kappa shape index (κ3) is 5.91. The molecule has 0 aliphatic heterocycles. The van der Waals surface area contributed by atoms with Crippen molar-refractivity contribution in [3.05, 3.63) is 88.8 Å². The summed E-state index contributed by atoms with van der Waals surface area (Å²) < 4.78 is 21.0. The van der Waals surface area contributed by atoms with Gasteiger partial charge < -0.3 is 29.0 Å². The lowest BCUT2D eigenvalue weighted by atomic mass is 10.1. The number of methoxy groups -OCH3 is 2. The van der Waals surface area contributed by atoms with E-state index in [0.717, 1.165) is 0 Å². The molecule has 4 aromatic rings. The van der Waals surface area contributed by atoms with Crippen molar-refractivity contribution in [1.82, 2.24) is 20.8 Å². The summed E-state index contributed by atoms with van der Waals surface area (Å²) in [6.45, 7) is -0.0683. The van der Waals surface area contributed by atoms with Crippen LogP contribution in [0.15, 0.2) is 75.5 Å². The van der Waals surface area contributed by atoms with Crippen molar-refractivity contribution >= 4 is 29.5 Å². The minimum absolute atomic E-state index is 0.0535. The molecule has 0 unspecified atom stereocenters. The second kappa shape index (κ2) is 11.2. The van der Waals surface area contributed by atoms with Gasteiger partial charge in [-0.05, 0) is 54.6 Å². The summed E-state index contributed by atoms with van der Waals surface area (Å²) in [7, 11) is 2.96. The molecule has 0 radical (unpaired) electrons. The molecule has 184 valence electrons. The molecular formula is C25H21ClN4O6. The molecule has 4 rings (SSSR count). The fourth-order valence-corrected chi connectivity index (χ4v) is 3.27. The van der Waals surface area contributed by atoms with E-state index in [2.05, 4.69) is 20.8 Å². The highest BCUT2D eigenvalue weighted by atomic mass is 35.5. The lowest BCUT2D eigenvalue weighted by Crippen LogP contribution is -2.34. The smallest absolute Gasteiger partial charge is 0.268 e. The van der Waals surface area contributed by atoms with Gasteiger partial charge in [0.25, 0.3) is 11.8 Å². The van der Waals surface area contributed by atoms with Gasteiger partial charge in [0.1, 0.15) is 11.5 Å². The minimum Gasteiger partial charge on any atom is -0.493 e. The SMILES string of the molecule is COc1ccc(C(=O)N/C(=C\c2ccco2)C(=O)NCc2nc(-c3ccc(Cl)cc3)no2)cc1OC. The highest BCUT2D eigenvalue weighted by Crippen LogP contribution is 2.27. The molecule has 2 amide bonds. The molecule has 2 heterocycles. The Balaban J connectivity index is 1.48. The number of amides is 2. The molecule has 0 bridgehead atoms. The van der Waals surface area contributed by atoms with Gasteiger partial charge in [0.05, 0.1) is 27.0 Å². The lowest BCUT2D eigenvalue weighted by Gasteiger charge is -2.12. The third-order valence-corrected chi connectivity index (χ3v) is 5.19. The van der Waals surface area contributed by atoms with E-state index in [1.807, 2.05) is 0 Å². The van der Waals surface area contributed by atoms with E-state index >= 15 is 0 Å². The molecule has 2 aromatic carbocycles. The summed E-state index contributed by atoms with van der Waals surface area (Å²) in [4.78, 5) is 30.1. The van der Waals surface area contributed by atoms with Crippen LogP contribution in [-0.4, -0.2) is 36.2 Å². The molecule has 36 heavy (non-hydrogen) atoms. The van der Waals surface area contributed by atoms with Crippen LogP contribution in [0.4, 0.5) is 0 Å². The normalized spacial score (nSPS) is 11.1. The van der Waals surface area contributed by atoms with E-state index in [9.17, 15) is 9.59 Å². The van der Waals surface area contributed by atoms with Gasteiger partial charge in [0, 0.05) is 22.2 Å². The van der Waals surface area contributed by atoms with Crippen molar-refractivity contribution in [1.29, 1.82) is 0 Å². The van der Waals surface area contributed by atoms with Gasteiger partial charge in [-0.1, -0.05) is 16.8 Å². The summed E-state index contributed by atoms with van der Waals surface area (Å²) in [5.74, 6) is 0.615. The van der Waals surface area contributed by atoms with Crippen LogP contribution in [0, 0.1) is 0 Å². The molecule has 2 aromatic heterocycles. The van der Waals surface area contributed by atoms with Gasteiger partial charge in [-0.15, -0.1) is 0 Å². The van der Waals surface area contributed by atoms with E-state index in [4.69, 9.17) is 30.0 Å². The number of nitrogens with one attached hydrogen (secondary N) is 2. The fraction of sp³-hybridized carbons (Fsp3) is 0.120. The number of rotatable bonds is 9. The minimum atomic E-state index is -0.591. The molecule has 0 aliphatic carbocycles. The third-order valence-electron chi connectivity index (χ3n) is 4.94. The second-order valence-corrected chi connectivity index (χ2v) is 7.74. The standard InChI is InChI=1S/C25H21ClN4O6/c1-33-20-10-7-16(12-21(20)34-2)24(31)28-19(13-18-4-3-11-35-18)25(32)27-14-22-29-23(30-36-22)15-5-8-17(26)9-6-15/h3-13H,14H2,1-2H3,(H,27,32)(H,28,31)/b19-13-. The Hall–Kier alpha value is -4.57. The summed E-state index contributed by atoms with van der Waals surface area (Å²) >= 11 is 5.91. The van der Waals surface area contributed by atoms with Crippen LogP contribution < -0.4 is 20.1 Å². The average Bonchev–Trinajstić information content (AvgIpc) is 3.59. The van der Waals surface area contributed by atoms with E-state index in [-0.39, 0.29) is 23.7 Å². The van der Waals surface area contributed by atoms with Crippen LogP contribution in [0.2, 0.25) is 5.02 Å². The molecule has 0 fully saturated rings.